The molecule has 1 heterocycles. The molecule has 0 aliphatic carbocycles. The number of nitrogens with one attached hydrogen (secondary N) is 3. The summed E-state index contributed by atoms with van der Waals surface area (Å²) in [6.45, 7) is 6.99. The van der Waals surface area contributed by atoms with Gasteiger partial charge >= 0.3 is 6.03 Å². The Kier molecular flexibility index (Phi) is 6.16. The molecule has 0 aromatic heterocycles. The van der Waals surface area contributed by atoms with E-state index < -0.39 is 0 Å². The van der Waals surface area contributed by atoms with Gasteiger partial charge in [0.2, 0.25) is 0 Å². The number of hydrogen-bond donors (Lipinski definition) is 3. The van der Waals surface area contributed by atoms with Crippen LogP contribution in [0.3, 0.4) is 0 Å². The highest BCUT2D eigenvalue weighted by Gasteiger charge is 2.19. The van der Waals surface area contributed by atoms with E-state index in [4.69, 9.17) is 9.47 Å². The van der Waals surface area contributed by atoms with Gasteiger partial charge in [-0.3, -0.25) is 4.79 Å². The van der Waals surface area contributed by atoms with Crippen molar-refractivity contribution < 1.29 is 19.1 Å². The summed E-state index contributed by atoms with van der Waals surface area (Å²) in [5.41, 5.74) is 0.530. The van der Waals surface area contributed by atoms with Crippen molar-refractivity contribution in [2.24, 2.45) is 0 Å². The van der Waals surface area contributed by atoms with Crippen LogP contribution in [0.25, 0.3) is 0 Å². The molecule has 0 radical (unpaired) electrons. The smallest absolute Gasteiger partial charge is 0.319 e. The van der Waals surface area contributed by atoms with E-state index in [9.17, 15) is 9.59 Å². The largest absolute Gasteiger partial charge is 0.355 e. The monoisotopic (exact) mass is 335 g/mol. The summed E-state index contributed by atoms with van der Waals surface area (Å²) in [4.78, 5) is 24.4. The quantitative estimate of drug-likeness (QED) is 0.786. The van der Waals surface area contributed by atoms with Crippen LogP contribution in [-0.4, -0.2) is 43.5 Å². The van der Waals surface area contributed by atoms with Crippen LogP contribution < -0.4 is 16.0 Å². The Labute approximate surface area is 142 Å². The van der Waals surface area contributed by atoms with E-state index in [2.05, 4.69) is 16.0 Å². The fourth-order valence-corrected chi connectivity index (χ4v) is 2.23. The Morgan fingerprint density at radius 2 is 2.00 bits per heavy atom. The van der Waals surface area contributed by atoms with Gasteiger partial charge in [0.05, 0.1) is 24.0 Å². The van der Waals surface area contributed by atoms with E-state index in [1.807, 2.05) is 20.8 Å². The minimum atomic E-state index is -0.374. The maximum Gasteiger partial charge on any atom is 0.319 e. The average Bonchev–Trinajstić information content (AvgIpc) is 2.53. The van der Waals surface area contributed by atoms with Crippen molar-refractivity contribution in [2.45, 2.75) is 38.8 Å². The third kappa shape index (κ3) is 5.82. The summed E-state index contributed by atoms with van der Waals surface area (Å²) in [6.07, 6.45) is 0.689. The zero-order valence-electron chi connectivity index (χ0n) is 14.3. The Morgan fingerprint density at radius 1 is 1.25 bits per heavy atom. The van der Waals surface area contributed by atoms with Gasteiger partial charge in [-0.2, -0.15) is 0 Å². The summed E-state index contributed by atoms with van der Waals surface area (Å²) in [7, 11) is 0. The summed E-state index contributed by atoms with van der Waals surface area (Å²) in [5.74, 6) is -0.230. The molecule has 0 bridgehead atoms. The number of ether oxygens (including phenoxy) is 2. The van der Waals surface area contributed by atoms with Gasteiger partial charge in [0, 0.05) is 12.1 Å². The number of rotatable bonds is 4. The first-order valence-electron chi connectivity index (χ1n) is 8.01. The highest BCUT2D eigenvalue weighted by atomic mass is 16.7. The third-order valence-electron chi connectivity index (χ3n) is 3.37. The fraction of sp³-hybridized carbons (Fsp3) is 0.529. The molecule has 7 heteroatoms. The average molecular weight is 335 g/mol. The molecule has 1 aliphatic rings. The second-order valence-corrected chi connectivity index (χ2v) is 6.69. The SMILES string of the molecule is CC(C)(C)NC(=O)c1ccccc1NC(=O)NCC1CCOCO1. The zero-order chi connectivity index (χ0) is 17.6. The van der Waals surface area contributed by atoms with Crippen LogP contribution in [0.4, 0.5) is 10.5 Å². The molecule has 2 rings (SSSR count). The van der Waals surface area contributed by atoms with Crippen molar-refractivity contribution in [1.82, 2.24) is 10.6 Å². The highest BCUT2D eigenvalue weighted by Crippen LogP contribution is 2.16. The summed E-state index contributed by atoms with van der Waals surface area (Å²) >= 11 is 0. The van der Waals surface area contributed by atoms with E-state index in [1.165, 1.54) is 0 Å². The lowest BCUT2D eigenvalue weighted by Gasteiger charge is -2.23. The molecule has 24 heavy (non-hydrogen) atoms. The number of hydrogen-bond acceptors (Lipinski definition) is 4. The Balaban J connectivity index is 1.93. The van der Waals surface area contributed by atoms with Gasteiger partial charge in [-0.15, -0.1) is 0 Å². The summed E-state index contributed by atoms with van der Waals surface area (Å²) in [5, 5.41) is 8.36. The Morgan fingerprint density at radius 3 is 2.67 bits per heavy atom. The number of para-hydroxylation sites is 1. The van der Waals surface area contributed by atoms with E-state index in [1.54, 1.807) is 24.3 Å². The van der Waals surface area contributed by atoms with Crippen molar-refractivity contribution in [3.8, 4) is 0 Å². The maximum absolute atomic E-state index is 12.4. The Hall–Kier alpha value is -2.12. The third-order valence-corrected chi connectivity index (χ3v) is 3.37. The molecule has 1 aromatic rings. The van der Waals surface area contributed by atoms with E-state index in [0.29, 0.717) is 24.4 Å². The minimum Gasteiger partial charge on any atom is -0.355 e. The van der Waals surface area contributed by atoms with Crippen LogP contribution >= 0.6 is 0 Å². The second-order valence-electron chi connectivity index (χ2n) is 6.69. The van der Waals surface area contributed by atoms with Gasteiger partial charge in [0.1, 0.15) is 6.79 Å². The predicted octanol–water partition coefficient (Wildman–Crippen LogP) is 2.10. The number of anilines is 1. The number of amides is 3. The minimum absolute atomic E-state index is 0.0519. The van der Waals surface area contributed by atoms with Crippen molar-refractivity contribution in [3.05, 3.63) is 29.8 Å². The molecule has 0 saturated carbocycles. The van der Waals surface area contributed by atoms with Gasteiger partial charge in [0.25, 0.3) is 5.91 Å². The Bertz CT molecular complexity index is 577. The summed E-state index contributed by atoms with van der Waals surface area (Å²) in [6, 6.07) is 6.53. The first kappa shape index (κ1) is 18.2. The lowest BCUT2D eigenvalue weighted by atomic mass is 10.1. The number of urea groups is 1. The number of benzene rings is 1. The van der Waals surface area contributed by atoms with Crippen molar-refractivity contribution in [3.63, 3.8) is 0 Å². The second kappa shape index (κ2) is 8.12. The lowest BCUT2D eigenvalue weighted by Crippen LogP contribution is -2.41. The molecule has 7 nitrogen and oxygen atoms in total. The fourth-order valence-electron chi connectivity index (χ4n) is 2.23. The molecule has 1 saturated heterocycles. The van der Waals surface area contributed by atoms with Gasteiger partial charge in [-0.25, -0.2) is 4.79 Å². The topological polar surface area (TPSA) is 88.7 Å². The number of carbonyl (C=O) groups excluding carboxylic acids is 2. The molecule has 0 spiro atoms. The normalized spacial score (nSPS) is 17.9. The number of carbonyl (C=O) groups is 2. The molecule has 1 fully saturated rings. The zero-order valence-corrected chi connectivity index (χ0v) is 14.3. The van der Waals surface area contributed by atoms with E-state index in [0.717, 1.165) is 6.42 Å². The van der Waals surface area contributed by atoms with Crippen molar-refractivity contribution >= 4 is 17.6 Å². The maximum atomic E-state index is 12.4. The van der Waals surface area contributed by atoms with E-state index in [-0.39, 0.29) is 30.4 Å². The molecule has 1 aliphatic heterocycles. The molecule has 3 amide bonds. The van der Waals surface area contributed by atoms with Crippen LogP contribution in [0.5, 0.6) is 0 Å². The van der Waals surface area contributed by atoms with Gasteiger partial charge in [0.15, 0.2) is 0 Å². The molecular formula is C17H25N3O4. The lowest BCUT2D eigenvalue weighted by molar-refractivity contribution is -0.136. The molecule has 3 N–H and O–H groups in total. The van der Waals surface area contributed by atoms with Gasteiger partial charge < -0.3 is 25.4 Å². The molecule has 1 atom stereocenters. The van der Waals surface area contributed by atoms with Crippen LogP contribution in [0.2, 0.25) is 0 Å². The summed E-state index contributed by atoms with van der Waals surface area (Å²) < 4.78 is 10.5. The molecule has 1 aromatic carbocycles. The van der Waals surface area contributed by atoms with Gasteiger partial charge in [-0.05, 0) is 39.3 Å². The van der Waals surface area contributed by atoms with Gasteiger partial charge in [-0.1, -0.05) is 12.1 Å². The van der Waals surface area contributed by atoms with Crippen molar-refractivity contribution in [2.75, 3.05) is 25.3 Å². The standard InChI is InChI=1S/C17H25N3O4/c1-17(2,3)20-15(21)13-6-4-5-7-14(13)19-16(22)18-10-12-8-9-23-11-24-12/h4-7,12H,8-11H2,1-3H3,(H,20,21)(H2,18,19,22). The van der Waals surface area contributed by atoms with E-state index >= 15 is 0 Å². The first-order chi connectivity index (χ1) is 11.3. The van der Waals surface area contributed by atoms with Crippen LogP contribution in [0.1, 0.15) is 37.6 Å². The molecule has 132 valence electrons. The van der Waals surface area contributed by atoms with Crippen LogP contribution in [0, 0.1) is 0 Å². The first-order valence-corrected chi connectivity index (χ1v) is 8.01. The molecule has 1 unspecified atom stereocenters. The van der Waals surface area contributed by atoms with Crippen LogP contribution in [0.15, 0.2) is 24.3 Å². The molecular weight excluding hydrogens is 310 g/mol. The van der Waals surface area contributed by atoms with Crippen LogP contribution in [-0.2, 0) is 9.47 Å². The van der Waals surface area contributed by atoms with Crippen molar-refractivity contribution in [1.29, 1.82) is 0 Å². The predicted molar refractivity (Wildman–Crippen MR) is 91.0 cm³/mol. The highest BCUT2D eigenvalue weighted by molar-refractivity contribution is 6.03.